The Hall–Kier alpha value is -0.530. The molecule has 0 aromatic heterocycles. The van der Waals surface area contributed by atoms with E-state index in [-0.39, 0.29) is 11.6 Å². The summed E-state index contributed by atoms with van der Waals surface area (Å²) in [5, 5.41) is 0. The Balaban J connectivity index is 3.40. The molecule has 0 aliphatic carbocycles. The molecule has 0 amide bonds. The van der Waals surface area contributed by atoms with Crippen LogP contribution in [0, 0.1) is 5.92 Å². The van der Waals surface area contributed by atoms with Crippen molar-refractivity contribution in [3.05, 3.63) is 0 Å². The predicted octanol–water partition coefficient (Wildman–Crippen LogP) is 3.93. The fourth-order valence-electron chi connectivity index (χ4n) is 1.39. The molecule has 0 aromatic rings. The molecule has 0 aliphatic heterocycles. The molecule has 0 bridgehead atoms. The fraction of sp³-hybridized carbons (Fsp3) is 0.923. The van der Waals surface area contributed by atoms with E-state index in [0.29, 0.717) is 6.42 Å². The average molecular weight is 214 g/mol. The largest absolute Gasteiger partial charge is 0.460 e. The average Bonchev–Trinajstić information content (AvgIpc) is 1.99. The number of ether oxygens (including phenoxy) is 1. The van der Waals surface area contributed by atoms with Crippen molar-refractivity contribution in [3.63, 3.8) is 0 Å². The number of unbranched alkanes of at least 4 members (excludes halogenated alkanes) is 2. The van der Waals surface area contributed by atoms with Gasteiger partial charge in [-0.1, -0.05) is 33.1 Å². The molecule has 0 rings (SSSR count). The second-order valence-electron chi connectivity index (χ2n) is 5.58. The minimum absolute atomic E-state index is 0.0629. The summed E-state index contributed by atoms with van der Waals surface area (Å²) in [7, 11) is 0. The van der Waals surface area contributed by atoms with E-state index in [1.165, 1.54) is 12.8 Å². The molecule has 0 saturated heterocycles. The van der Waals surface area contributed by atoms with E-state index >= 15 is 0 Å². The van der Waals surface area contributed by atoms with Crippen molar-refractivity contribution in [3.8, 4) is 0 Å². The second-order valence-corrected chi connectivity index (χ2v) is 5.58. The van der Waals surface area contributed by atoms with Crippen LogP contribution in [0.4, 0.5) is 0 Å². The summed E-state index contributed by atoms with van der Waals surface area (Å²) < 4.78 is 5.23. The van der Waals surface area contributed by atoms with Crippen LogP contribution in [-0.4, -0.2) is 11.6 Å². The summed E-state index contributed by atoms with van der Waals surface area (Å²) in [5.74, 6) is 0.707. The van der Waals surface area contributed by atoms with Gasteiger partial charge in [-0.05, 0) is 33.1 Å². The SMILES string of the molecule is CC(C)CCCCCC(=O)OC(C)(C)C. The van der Waals surface area contributed by atoms with Crippen LogP contribution < -0.4 is 0 Å². The molecule has 0 unspecified atom stereocenters. The van der Waals surface area contributed by atoms with Crippen LogP contribution in [0.2, 0.25) is 0 Å². The summed E-state index contributed by atoms with van der Waals surface area (Å²) in [6.45, 7) is 10.2. The zero-order valence-corrected chi connectivity index (χ0v) is 10.9. The highest BCUT2D eigenvalue weighted by molar-refractivity contribution is 5.69. The molecule has 0 radical (unpaired) electrons. The van der Waals surface area contributed by atoms with Crippen LogP contribution in [0.15, 0.2) is 0 Å². The maximum atomic E-state index is 11.3. The lowest BCUT2D eigenvalue weighted by Gasteiger charge is -2.19. The van der Waals surface area contributed by atoms with Gasteiger partial charge >= 0.3 is 5.97 Å². The highest BCUT2D eigenvalue weighted by atomic mass is 16.6. The number of carbonyl (C=O) groups is 1. The van der Waals surface area contributed by atoms with Crippen molar-refractivity contribution in [2.75, 3.05) is 0 Å². The van der Waals surface area contributed by atoms with Gasteiger partial charge in [0.2, 0.25) is 0 Å². The van der Waals surface area contributed by atoms with Gasteiger partial charge in [-0.3, -0.25) is 4.79 Å². The predicted molar refractivity (Wildman–Crippen MR) is 63.8 cm³/mol. The third-order valence-corrected chi connectivity index (χ3v) is 2.08. The zero-order valence-electron chi connectivity index (χ0n) is 10.9. The van der Waals surface area contributed by atoms with E-state index in [4.69, 9.17) is 4.74 Å². The van der Waals surface area contributed by atoms with E-state index in [0.717, 1.165) is 18.8 Å². The first-order valence-electron chi connectivity index (χ1n) is 6.03. The minimum Gasteiger partial charge on any atom is -0.460 e. The molecular formula is C13H26O2. The highest BCUT2D eigenvalue weighted by Crippen LogP contribution is 2.12. The lowest BCUT2D eigenvalue weighted by atomic mass is 10.0. The molecule has 0 aliphatic rings. The van der Waals surface area contributed by atoms with Gasteiger partial charge in [0.15, 0.2) is 0 Å². The normalized spacial score (nSPS) is 11.9. The number of esters is 1. The standard InChI is InChI=1S/C13H26O2/c1-11(2)9-7-6-8-10-12(14)15-13(3,4)5/h11H,6-10H2,1-5H3. The Morgan fingerprint density at radius 1 is 1.13 bits per heavy atom. The van der Waals surface area contributed by atoms with Gasteiger partial charge in [-0.15, -0.1) is 0 Å². The van der Waals surface area contributed by atoms with Gasteiger partial charge in [0, 0.05) is 6.42 Å². The summed E-state index contributed by atoms with van der Waals surface area (Å²) in [6, 6.07) is 0. The molecule has 0 spiro atoms. The van der Waals surface area contributed by atoms with Crippen molar-refractivity contribution in [2.24, 2.45) is 5.92 Å². The van der Waals surface area contributed by atoms with Crippen molar-refractivity contribution >= 4 is 5.97 Å². The monoisotopic (exact) mass is 214 g/mol. The number of hydrogen-bond donors (Lipinski definition) is 0. The molecule has 0 atom stereocenters. The summed E-state index contributed by atoms with van der Waals surface area (Å²) in [4.78, 5) is 11.3. The smallest absolute Gasteiger partial charge is 0.306 e. The first-order valence-corrected chi connectivity index (χ1v) is 6.03. The fourth-order valence-corrected chi connectivity index (χ4v) is 1.39. The topological polar surface area (TPSA) is 26.3 Å². The lowest BCUT2D eigenvalue weighted by Crippen LogP contribution is -2.23. The molecule has 15 heavy (non-hydrogen) atoms. The number of hydrogen-bond acceptors (Lipinski definition) is 2. The molecule has 0 saturated carbocycles. The molecule has 2 nitrogen and oxygen atoms in total. The van der Waals surface area contributed by atoms with Crippen LogP contribution in [0.1, 0.15) is 66.7 Å². The van der Waals surface area contributed by atoms with Crippen LogP contribution in [0.5, 0.6) is 0 Å². The summed E-state index contributed by atoms with van der Waals surface area (Å²) >= 11 is 0. The van der Waals surface area contributed by atoms with Crippen molar-refractivity contribution in [1.82, 2.24) is 0 Å². The third kappa shape index (κ3) is 11.4. The maximum absolute atomic E-state index is 11.3. The van der Waals surface area contributed by atoms with E-state index in [1.54, 1.807) is 0 Å². The van der Waals surface area contributed by atoms with Crippen molar-refractivity contribution < 1.29 is 9.53 Å². The van der Waals surface area contributed by atoms with Gasteiger partial charge < -0.3 is 4.74 Å². The van der Waals surface area contributed by atoms with Crippen LogP contribution in [0.25, 0.3) is 0 Å². The van der Waals surface area contributed by atoms with Crippen LogP contribution >= 0.6 is 0 Å². The van der Waals surface area contributed by atoms with E-state index < -0.39 is 0 Å². The quantitative estimate of drug-likeness (QED) is 0.494. The second kappa shape index (κ2) is 6.86. The summed E-state index contributed by atoms with van der Waals surface area (Å²) in [5.41, 5.74) is -0.338. The molecule has 2 heteroatoms. The number of rotatable bonds is 6. The van der Waals surface area contributed by atoms with Crippen molar-refractivity contribution in [1.29, 1.82) is 0 Å². The third-order valence-electron chi connectivity index (χ3n) is 2.08. The first kappa shape index (κ1) is 14.5. The van der Waals surface area contributed by atoms with Gasteiger partial charge in [-0.25, -0.2) is 0 Å². The zero-order chi connectivity index (χ0) is 11.9. The van der Waals surface area contributed by atoms with E-state index in [2.05, 4.69) is 13.8 Å². The first-order chi connectivity index (χ1) is 6.81. The van der Waals surface area contributed by atoms with Gasteiger partial charge in [0.1, 0.15) is 5.60 Å². The Kier molecular flexibility index (Phi) is 6.62. The van der Waals surface area contributed by atoms with Gasteiger partial charge in [0.25, 0.3) is 0 Å². The highest BCUT2D eigenvalue weighted by Gasteiger charge is 2.15. The maximum Gasteiger partial charge on any atom is 0.306 e. The molecule has 0 N–H and O–H groups in total. The molecule has 0 fully saturated rings. The Morgan fingerprint density at radius 3 is 2.20 bits per heavy atom. The Labute approximate surface area is 94.4 Å². The molecule has 90 valence electrons. The summed E-state index contributed by atoms with van der Waals surface area (Å²) in [6.07, 6.45) is 5.14. The van der Waals surface area contributed by atoms with Gasteiger partial charge in [0.05, 0.1) is 0 Å². The van der Waals surface area contributed by atoms with E-state index in [9.17, 15) is 4.79 Å². The van der Waals surface area contributed by atoms with Crippen molar-refractivity contribution in [2.45, 2.75) is 72.3 Å². The Morgan fingerprint density at radius 2 is 1.73 bits per heavy atom. The molecule has 0 aromatic carbocycles. The van der Waals surface area contributed by atoms with Crippen LogP contribution in [-0.2, 0) is 9.53 Å². The molecule has 0 heterocycles. The minimum atomic E-state index is -0.338. The van der Waals surface area contributed by atoms with Crippen LogP contribution in [0.3, 0.4) is 0 Å². The number of carbonyl (C=O) groups excluding carboxylic acids is 1. The lowest BCUT2D eigenvalue weighted by molar-refractivity contribution is -0.154. The van der Waals surface area contributed by atoms with E-state index in [1.807, 2.05) is 20.8 Å². The Bertz CT molecular complexity index is 177. The molecular weight excluding hydrogens is 188 g/mol. The van der Waals surface area contributed by atoms with Gasteiger partial charge in [-0.2, -0.15) is 0 Å².